The van der Waals surface area contributed by atoms with Gasteiger partial charge < -0.3 is 5.32 Å². The molecule has 3 heteroatoms. The van der Waals surface area contributed by atoms with Gasteiger partial charge in [-0.3, -0.25) is 0 Å². The standard InChI is InChI=1S/C17H16BrNS/c1-11-6-5-8-14(17(11)18)19-12(2)16-10-13-7-3-4-9-15(13)20-16/h3-10,12,19H,1-2H3. The van der Waals surface area contributed by atoms with E-state index < -0.39 is 0 Å². The molecule has 1 atom stereocenters. The fourth-order valence-electron chi connectivity index (χ4n) is 2.28. The molecule has 0 aliphatic heterocycles. The topological polar surface area (TPSA) is 12.0 Å². The van der Waals surface area contributed by atoms with Crippen molar-refractivity contribution in [3.05, 3.63) is 63.4 Å². The van der Waals surface area contributed by atoms with Gasteiger partial charge in [0.15, 0.2) is 0 Å². The molecule has 20 heavy (non-hydrogen) atoms. The van der Waals surface area contributed by atoms with E-state index in [9.17, 15) is 0 Å². The zero-order chi connectivity index (χ0) is 14.1. The summed E-state index contributed by atoms with van der Waals surface area (Å²) in [6, 6.07) is 17.4. The summed E-state index contributed by atoms with van der Waals surface area (Å²) in [6.07, 6.45) is 0. The second-order valence-corrected chi connectivity index (χ2v) is 6.90. The van der Waals surface area contributed by atoms with Crippen molar-refractivity contribution in [3.63, 3.8) is 0 Å². The molecule has 0 fully saturated rings. The SMILES string of the molecule is Cc1cccc(NC(C)c2cc3ccccc3s2)c1Br. The first kappa shape index (κ1) is 13.7. The van der Waals surface area contributed by atoms with Crippen molar-refractivity contribution < 1.29 is 0 Å². The smallest absolute Gasteiger partial charge is 0.0579 e. The van der Waals surface area contributed by atoms with Crippen LogP contribution in [0.4, 0.5) is 5.69 Å². The minimum absolute atomic E-state index is 0.297. The van der Waals surface area contributed by atoms with Crippen molar-refractivity contribution in [1.29, 1.82) is 0 Å². The minimum Gasteiger partial charge on any atom is -0.377 e. The summed E-state index contributed by atoms with van der Waals surface area (Å²) in [5.74, 6) is 0. The van der Waals surface area contributed by atoms with Gasteiger partial charge in [-0.25, -0.2) is 0 Å². The highest BCUT2D eigenvalue weighted by Crippen LogP contribution is 2.33. The van der Waals surface area contributed by atoms with Gasteiger partial charge in [0.05, 0.1) is 6.04 Å². The van der Waals surface area contributed by atoms with Gasteiger partial charge in [-0.15, -0.1) is 11.3 Å². The molecule has 0 aliphatic carbocycles. The first-order valence-corrected chi connectivity index (χ1v) is 8.26. The van der Waals surface area contributed by atoms with Gasteiger partial charge in [-0.05, 0) is 58.9 Å². The Morgan fingerprint density at radius 3 is 2.70 bits per heavy atom. The Labute approximate surface area is 131 Å². The van der Waals surface area contributed by atoms with Crippen LogP contribution in [0.2, 0.25) is 0 Å². The third-order valence-corrected chi connectivity index (χ3v) is 5.79. The maximum absolute atomic E-state index is 3.66. The van der Waals surface area contributed by atoms with Crippen molar-refractivity contribution in [2.45, 2.75) is 19.9 Å². The number of anilines is 1. The van der Waals surface area contributed by atoms with Crippen LogP contribution in [0, 0.1) is 6.92 Å². The van der Waals surface area contributed by atoms with Crippen LogP contribution in [-0.4, -0.2) is 0 Å². The summed E-state index contributed by atoms with van der Waals surface area (Å²) in [5.41, 5.74) is 2.40. The fourth-order valence-corrected chi connectivity index (χ4v) is 3.72. The Hall–Kier alpha value is -1.32. The third kappa shape index (κ3) is 2.60. The number of nitrogens with one attached hydrogen (secondary N) is 1. The molecule has 1 heterocycles. The van der Waals surface area contributed by atoms with Crippen LogP contribution in [0.3, 0.4) is 0 Å². The molecule has 102 valence electrons. The Balaban J connectivity index is 1.89. The molecular formula is C17H16BrNS. The summed E-state index contributed by atoms with van der Waals surface area (Å²) >= 11 is 5.51. The second-order valence-electron chi connectivity index (χ2n) is 4.99. The molecule has 0 spiro atoms. The molecule has 3 rings (SSSR count). The van der Waals surface area contributed by atoms with Gasteiger partial charge in [-0.1, -0.05) is 30.3 Å². The quantitative estimate of drug-likeness (QED) is 0.600. The zero-order valence-corrected chi connectivity index (χ0v) is 13.9. The number of aryl methyl sites for hydroxylation is 1. The molecule has 0 bridgehead atoms. The number of hydrogen-bond donors (Lipinski definition) is 1. The molecular weight excluding hydrogens is 330 g/mol. The average molecular weight is 346 g/mol. The highest BCUT2D eigenvalue weighted by Gasteiger charge is 2.11. The molecule has 1 N–H and O–H groups in total. The molecule has 2 aromatic carbocycles. The van der Waals surface area contributed by atoms with Gasteiger partial charge in [0.2, 0.25) is 0 Å². The van der Waals surface area contributed by atoms with Crippen molar-refractivity contribution >= 4 is 43.0 Å². The number of thiophene rings is 1. The number of fused-ring (bicyclic) bond motifs is 1. The molecule has 1 aromatic heterocycles. The van der Waals surface area contributed by atoms with E-state index in [2.05, 4.69) is 83.6 Å². The largest absolute Gasteiger partial charge is 0.377 e. The van der Waals surface area contributed by atoms with E-state index in [1.165, 1.54) is 20.5 Å². The Bertz CT molecular complexity index is 715. The van der Waals surface area contributed by atoms with Crippen LogP contribution in [-0.2, 0) is 0 Å². The highest BCUT2D eigenvalue weighted by molar-refractivity contribution is 9.10. The Morgan fingerprint density at radius 1 is 1.10 bits per heavy atom. The first-order chi connectivity index (χ1) is 9.65. The van der Waals surface area contributed by atoms with Gasteiger partial charge in [0.1, 0.15) is 0 Å². The van der Waals surface area contributed by atoms with Crippen LogP contribution in [0.5, 0.6) is 0 Å². The highest BCUT2D eigenvalue weighted by atomic mass is 79.9. The summed E-state index contributed by atoms with van der Waals surface area (Å²) in [6.45, 7) is 4.32. The van der Waals surface area contributed by atoms with Crippen molar-refractivity contribution in [3.8, 4) is 0 Å². The predicted octanol–water partition coefficient (Wildman–Crippen LogP) is 6.15. The van der Waals surface area contributed by atoms with E-state index in [1.54, 1.807) is 0 Å². The second kappa shape index (κ2) is 5.58. The monoisotopic (exact) mass is 345 g/mol. The zero-order valence-electron chi connectivity index (χ0n) is 11.5. The number of halogens is 1. The van der Waals surface area contributed by atoms with Crippen molar-refractivity contribution in [1.82, 2.24) is 0 Å². The van der Waals surface area contributed by atoms with E-state index >= 15 is 0 Å². The van der Waals surface area contributed by atoms with Crippen molar-refractivity contribution in [2.24, 2.45) is 0 Å². The van der Waals surface area contributed by atoms with Gasteiger partial charge in [0, 0.05) is 19.7 Å². The number of rotatable bonds is 3. The Kier molecular flexibility index (Phi) is 3.81. The van der Waals surface area contributed by atoms with E-state index in [0.717, 1.165) is 10.2 Å². The van der Waals surface area contributed by atoms with Gasteiger partial charge in [0.25, 0.3) is 0 Å². The molecule has 0 saturated heterocycles. The average Bonchev–Trinajstić information content (AvgIpc) is 2.88. The van der Waals surface area contributed by atoms with Gasteiger partial charge >= 0.3 is 0 Å². The lowest BCUT2D eigenvalue weighted by Crippen LogP contribution is -2.05. The van der Waals surface area contributed by atoms with Crippen molar-refractivity contribution in [2.75, 3.05) is 5.32 Å². The number of hydrogen-bond acceptors (Lipinski definition) is 2. The molecule has 0 radical (unpaired) electrons. The van der Waals surface area contributed by atoms with Crippen LogP contribution in [0.15, 0.2) is 53.0 Å². The number of benzene rings is 2. The van der Waals surface area contributed by atoms with E-state index in [0.29, 0.717) is 6.04 Å². The molecule has 0 aliphatic rings. The van der Waals surface area contributed by atoms with Crippen LogP contribution >= 0.6 is 27.3 Å². The lowest BCUT2D eigenvalue weighted by Gasteiger charge is -2.16. The third-order valence-electron chi connectivity index (χ3n) is 3.44. The van der Waals surface area contributed by atoms with Gasteiger partial charge in [-0.2, -0.15) is 0 Å². The molecule has 3 aromatic rings. The maximum Gasteiger partial charge on any atom is 0.0579 e. The lowest BCUT2D eigenvalue weighted by molar-refractivity contribution is 0.907. The molecule has 0 saturated carbocycles. The fraction of sp³-hybridized carbons (Fsp3) is 0.176. The first-order valence-electron chi connectivity index (χ1n) is 6.65. The summed E-state index contributed by atoms with van der Waals surface area (Å²) in [7, 11) is 0. The van der Waals surface area contributed by atoms with E-state index in [4.69, 9.17) is 0 Å². The summed E-state index contributed by atoms with van der Waals surface area (Å²) in [4.78, 5) is 1.36. The normalized spacial score (nSPS) is 12.6. The molecule has 1 nitrogen and oxygen atoms in total. The molecule has 0 amide bonds. The van der Waals surface area contributed by atoms with E-state index in [1.807, 2.05) is 11.3 Å². The summed E-state index contributed by atoms with van der Waals surface area (Å²) in [5, 5.41) is 4.92. The summed E-state index contributed by atoms with van der Waals surface area (Å²) < 4.78 is 2.49. The van der Waals surface area contributed by atoms with Crippen LogP contribution < -0.4 is 5.32 Å². The minimum atomic E-state index is 0.297. The van der Waals surface area contributed by atoms with E-state index in [-0.39, 0.29) is 0 Å². The lowest BCUT2D eigenvalue weighted by atomic mass is 10.2. The predicted molar refractivity (Wildman–Crippen MR) is 92.7 cm³/mol. The van der Waals surface area contributed by atoms with Crippen LogP contribution in [0.1, 0.15) is 23.4 Å². The Morgan fingerprint density at radius 2 is 1.90 bits per heavy atom. The maximum atomic E-state index is 3.66. The van der Waals surface area contributed by atoms with Crippen LogP contribution in [0.25, 0.3) is 10.1 Å². The molecule has 1 unspecified atom stereocenters.